The molecule has 2 aliphatic rings. The Morgan fingerprint density at radius 2 is 2.11 bits per heavy atom. The highest BCUT2D eigenvalue weighted by atomic mass is 16.4. The van der Waals surface area contributed by atoms with Crippen molar-refractivity contribution in [3.63, 3.8) is 0 Å². The van der Waals surface area contributed by atoms with Gasteiger partial charge in [0, 0.05) is 6.42 Å². The predicted molar refractivity (Wildman–Crippen MR) is 72.0 cm³/mol. The third kappa shape index (κ3) is 3.16. The lowest BCUT2D eigenvalue weighted by Crippen LogP contribution is -2.12. The van der Waals surface area contributed by atoms with Gasteiger partial charge >= 0.3 is 5.97 Å². The summed E-state index contributed by atoms with van der Waals surface area (Å²) in [6, 6.07) is 8.16. The molecular weight excluding hydrogens is 240 g/mol. The molecule has 1 unspecified atom stereocenters. The van der Waals surface area contributed by atoms with Crippen LogP contribution in [0.4, 0.5) is 0 Å². The van der Waals surface area contributed by atoms with Crippen molar-refractivity contribution >= 4 is 5.97 Å². The van der Waals surface area contributed by atoms with Crippen molar-refractivity contribution in [3.05, 3.63) is 35.4 Å². The van der Waals surface area contributed by atoms with Crippen molar-refractivity contribution in [3.8, 4) is 0 Å². The number of aliphatic carboxylic acids is 1. The number of rotatable bonds is 6. The highest BCUT2D eigenvalue weighted by Crippen LogP contribution is 2.45. The maximum Gasteiger partial charge on any atom is 0.303 e. The van der Waals surface area contributed by atoms with Crippen LogP contribution in [-0.4, -0.2) is 21.8 Å². The second-order valence-electron chi connectivity index (χ2n) is 6.19. The zero-order valence-electron chi connectivity index (χ0n) is 11.0. The second-order valence-corrected chi connectivity index (χ2v) is 6.19. The molecule has 19 heavy (non-hydrogen) atoms. The Balaban J connectivity index is 1.78. The third-order valence-electron chi connectivity index (χ3n) is 4.33. The Kier molecular flexibility index (Phi) is 3.09. The van der Waals surface area contributed by atoms with Gasteiger partial charge < -0.3 is 10.2 Å². The maximum atomic E-state index is 11.0. The fourth-order valence-electron chi connectivity index (χ4n) is 2.88. The smallest absolute Gasteiger partial charge is 0.303 e. The van der Waals surface area contributed by atoms with Crippen molar-refractivity contribution in [2.24, 2.45) is 5.92 Å². The van der Waals surface area contributed by atoms with Gasteiger partial charge in [0.15, 0.2) is 0 Å². The molecule has 3 heteroatoms. The van der Waals surface area contributed by atoms with E-state index < -0.39 is 11.6 Å². The highest BCUT2D eigenvalue weighted by molar-refractivity contribution is 5.68. The first kappa shape index (κ1) is 12.7. The fraction of sp³-hybridized carbons (Fsp3) is 0.562. The summed E-state index contributed by atoms with van der Waals surface area (Å²) in [5.41, 5.74) is 1.78. The molecule has 2 saturated carbocycles. The molecule has 3 rings (SSSR count). The molecule has 0 heterocycles. The highest BCUT2D eigenvalue weighted by Gasteiger charge is 2.40. The van der Waals surface area contributed by atoms with Crippen LogP contribution in [0.3, 0.4) is 0 Å². The van der Waals surface area contributed by atoms with Gasteiger partial charge in [-0.15, -0.1) is 0 Å². The van der Waals surface area contributed by atoms with Gasteiger partial charge in [0.2, 0.25) is 0 Å². The van der Waals surface area contributed by atoms with Crippen LogP contribution < -0.4 is 0 Å². The SMILES string of the molecule is O=C(O)CC(c1cccc(CC2(O)CC2)c1)C1CC1. The molecule has 0 aromatic heterocycles. The van der Waals surface area contributed by atoms with Gasteiger partial charge in [-0.05, 0) is 48.6 Å². The average Bonchev–Trinajstić information content (AvgIpc) is 3.24. The number of aliphatic hydroxyl groups is 1. The maximum absolute atomic E-state index is 11.0. The van der Waals surface area contributed by atoms with Crippen molar-refractivity contribution in [2.45, 2.75) is 50.0 Å². The lowest BCUT2D eigenvalue weighted by atomic mass is 9.89. The van der Waals surface area contributed by atoms with Crippen LogP contribution in [0.15, 0.2) is 24.3 Å². The Morgan fingerprint density at radius 1 is 1.37 bits per heavy atom. The summed E-state index contributed by atoms with van der Waals surface area (Å²) in [7, 11) is 0. The van der Waals surface area contributed by atoms with Gasteiger partial charge in [0.25, 0.3) is 0 Å². The van der Waals surface area contributed by atoms with E-state index in [4.69, 9.17) is 5.11 Å². The fourth-order valence-corrected chi connectivity index (χ4v) is 2.88. The largest absolute Gasteiger partial charge is 0.481 e. The van der Waals surface area contributed by atoms with E-state index in [1.165, 1.54) is 0 Å². The van der Waals surface area contributed by atoms with Gasteiger partial charge in [-0.25, -0.2) is 0 Å². The minimum atomic E-state index is -0.719. The van der Waals surface area contributed by atoms with Crippen LogP contribution in [0.5, 0.6) is 0 Å². The molecule has 0 spiro atoms. The van der Waals surface area contributed by atoms with E-state index in [1.807, 2.05) is 18.2 Å². The van der Waals surface area contributed by atoms with Crippen LogP contribution in [-0.2, 0) is 11.2 Å². The van der Waals surface area contributed by atoms with E-state index in [-0.39, 0.29) is 12.3 Å². The standard InChI is InChI=1S/C16H20O3/c17-15(18)9-14(12-4-5-12)13-3-1-2-11(8-13)10-16(19)6-7-16/h1-3,8,12,14,19H,4-7,9-10H2,(H,17,18). The van der Waals surface area contributed by atoms with E-state index in [2.05, 4.69) is 6.07 Å². The monoisotopic (exact) mass is 260 g/mol. The number of hydrogen-bond acceptors (Lipinski definition) is 2. The summed E-state index contributed by atoms with van der Waals surface area (Å²) in [6.07, 6.45) is 4.98. The molecule has 0 saturated heterocycles. The quantitative estimate of drug-likeness (QED) is 0.826. The first-order chi connectivity index (χ1) is 9.06. The molecule has 2 fully saturated rings. The average molecular weight is 260 g/mol. The Labute approximate surface area is 113 Å². The van der Waals surface area contributed by atoms with Gasteiger partial charge in [0.05, 0.1) is 12.0 Å². The first-order valence-electron chi connectivity index (χ1n) is 7.09. The Morgan fingerprint density at radius 3 is 2.68 bits per heavy atom. The van der Waals surface area contributed by atoms with Crippen molar-refractivity contribution in [1.29, 1.82) is 0 Å². The number of benzene rings is 1. The molecule has 0 aliphatic heterocycles. The topological polar surface area (TPSA) is 57.5 Å². The van der Waals surface area contributed by atoms with Crippen molar-refractivity contribution in [2.75, 3.05) is 0 Å². The van der Waals surface area contributed by atoms with Crippen molar-refractivity contribution in [1.82, 2.24) is 0 Å². The first-order valence-corrected chi connectivity index (χ1v) is 7.09. The summed E-state index contributed by atoms with van der Waals surface area (Å²) in [5.74, 6) is -0.0372. The predicted octanol–water partition coefficient (Wildman–Crippen LogP) is 2.72. The molecule has 0 radical (unpaired) electrons. The summed E-state index contributed by atoms with van der Waals surface area (Å²) >= 11 is 0. The van der Waals surface area contributed by atoms with E-state index >= 15 is 0 Å². The van der Waals surface area contributed by atoms with Crippen molar-refractivity contribution < 1.29 is 15.0 Å². The zero-order chi connectivity index (χ0) is 13.5. The number of carboxylic acids is 1. The molecule has 0 bridgehead atoms. The summed E-state index contributed by atoms with van der Waals surface area (Å²) in [5, 5.41) is 19.0. The minimum absolute atomic E-state index is 0.145. The third-order valence-corrected chi connectivity index (χ3v) is 4.33. The summed E-state index contributed by atoms with van der Waals surface area (Å²) in [6.45, 7) is 0. The minimum Gasteiger partial charge on any atom is -0.481 e. The van der Waals surface area contributed by atoms with Gasteiger partial charge in [-0.1, -0.05) is 24.3 Å². The summed E-state index contributed by atoms with van der Waals surface area (Å²) in [4.78, 5) is 11.0. The molecule has 0 amide bonds. The molecule has 1 aromatic carbocycles. The number of carboxylic acid groups (broad SMARTS) is 1. The lowest BCUT2D eigenvalue weighted by molar-refractivity contribution is -0.137. The molecule has 2 aliphatic carbocycles. The molecule has 3 nitrogen and oxygen atoms in total. The zero-order valence-corrected chi connectivity index (χ0v) is 11.0. The normalized spacial score (nSPS) is 21.9. The molecule has 102 valence electrons. The Hall–Kier alpha value is -1.35. The van der Waals surface area contributed by atoms with Gasteiger partial charge in [-0.2, -0.15) is 0 Å². The van der Waals surface area contributed by atoms with Crippen LogP contribution in [0, 0.1) is 5.92 Å². The van der Waals surface area contributed by atoms with Gasteiger partial charge in [-0.3, -0.25) is 4.79 Å². The van der Waals surface area contributed by atoms with E-state index in [1.54, 1.807) is 0 Å². The van der Waals surface area contributed by atoms with Crippen LogP contribution in [0.2, 0.25) is 0 Å². The van der Waals surface area contributed by atoms with Gasteiger partial charge in [0.1, 0.15) is 0 Å². The van der Waals surface area contributed by atoms with E-state index in [0.29, 0.717) is 12.3 Å². The molecule has 1 atom stereocenters. The van der Waals surface area contributed by atoms with Crippen LogP contribution in [0.1, 0.15) is 49.1 Å². The molecule has 1 aromatic rings. The lowest BCUT2D eigenvalue weighted by Gasteiger charge is -2.16. The van der Waals surface area contributed by atoms with E-state index in [0.717, 1.165) is 36.8 Å². The molecular formula is C16H20O3. The number of hydrogen-bond donors (Lipinski definition) is 2. The van der Waals surface area contributed by atoms with Crippen LogP contribution >= 0.6 is 0 Å². The number of carbonyl (C=O) groups is 1. The second kappa shape index (κ2) is 4.64. The summed E-state index contributed by atoms with van der Waals surface area (Å²) < 4.78 is 0. The molecule has 2 N–H and O–H groups in total. The Bertz CT molecular complexity index is 487. The van der Waals surface area contributed by atoms with E-state index in [9.17, 15) is 9.90 Å². The van der Waals surface area contributed by atoms with Crippen LogP contribution in [0.25, 0.3) is 0 Å².